The lowest BCUT2D eigenvalue weighted by atomic mass is 10.00. The van der Waals surface area contributed by atoms with Crippen LogP contribution in [-0.4, -0.2) is 56.7 Å². The van der Waals surface area contributed by atoms with Gasteiger partial charge in [-0.25, -0.2) is 0 Å². The maximum Gasteiger partial charge on any atom is 0.220 e. The zero-order valence-electron chi connectivity index (χ0n) is 11.6. The Morgan fingerprint density at radius 2 is 2.06 bits per heavy atom. The lowest BCUT2D eigenvalue weighted by Gasteiger charge is -2.18. The lowest BCUT2D eigenvalue weighted by molar-refractivity contribution is -0.121. The van der Waals surface area contributed by atoms with Gasteiger partial charge in [0, 0.05) is 38.7 Å². The molecule has 0 saturated carbocycles. The average Bonchev–Trinajstić information content (AvgIpc) is 2.22. The van der Waals surface area contributed by atoms with Gasteiger partial charge in [0.1, 0.15) is 0 Å². The fraction of sp³-hybridized carbons (Fsp3) is 0.917. The minimum Gasteiger partial charge on any atom is -0.383 e. The van der Waals surface area contributed by atoms with Crippen LogP contribution in [0.25, 0.3) is 0 Å². The van der Waals surface area contributed by atoms with Crippen LogP contribution in [0.5, 0.6) is 0 Å². The van der Waals surface area contributed by atoms with Gasteiger partial charge in [0.15, 0.2) is 0 Å². The molecule has 0 unspecified atom stereocenters. The number of methoxy groups -OCH3 is 1. The summed E-state index contributed by atoms with van der Waals surface area (Å²) in [5, 5.41) is 2.89. The highest BCUT2D eigenvalue weighted by atomic mass is 16.5. The van der Waals surface area contributed by atoms with Gasteiger partial charge in [-0.05, 0) is 27.3 Å². The first-order chi connectivity index (χ1) is 7.85. The molecule has 0 radical (unpaired) electrons. The number of hydrogen-bond donors (Lipinski definition) is 2. The first kappa shape index (κ1) is 16.4. The first-order valence-corrected chi connectivity index (χ1v) is 6.08. The van der Waals surface area contributed by atoms with E-state index < -0.39 is 0 Å². The number of carbonyl (C=O) groups is 1. The van der Waals surface area contributed by atoms with Gasteiger partial charge >= 0.3 is 0 Å². The number of carbonyl (C=O) groups excluding carboxylic acids is 1. The smallest absolute Gasteiger partial charge is 0.220 e. The third-order valence-electron chi connectivity index (χ3n) is 2.49. The molecular weight excluding hydrogens is 218 g/mol. The van der Waals surface area contributed by atoms with E-state index in [1.807, 2.05) is 20.9 Å². The van der Waals surface area contributed by atoms with Gasteiger partial charge in [-0.1, -0.05) is 0 Å². The van der Waals surface area contributed by atoms with Crippen LogP contribution in [-0.2, 0) is 9.53 Å². The van der Waals surface area contributed by atoms with Crippen LogP contribution in [0.2, 0.25) is 0 Å². The SMILES string of the molecule is COCCN(C)CCNC(=O)CCC(C)(C)N. The third kappa shape index (κ3) is 11.6. The maximum atomic E-state index is 11.5. The van der Waals surface area contributed by atoms with E-state index in [2.05, 4.69) is 10.2 Å². The predicted molar refractivity (Wildman–Crippen MR) is 69.9 cm³/mol. The second-order valence-corrected chi connectivity index (χ2v) is 5.13. The Balaban J connectivity index is 3.51. The summed E-state index contributed by atoms with van der Waals surface area (Å²) >= 11 is 0. The van der Waals surface area contributed by atoms with Gasteiger partial charge < -0.3 is 20.7 Å². The molecule has 0 atom stereocenters. The van der Waals surface area contributed by atoms with Gasteiger partial charge in [-0.3, -0.25) is 4.79 Å². The van der Waals surface area contributed by atoms with Crippen molar-refractivity contribution < 1.29 is 9.53 Å². The van der Waals surface area contributed by atoms with Crippen LogP contribution >= 0.6 is 0 Å². The second-order valence-electron chi connectivity index (χ2n) is 5.13. The van der Waals surface area contributed by atoms with Crippen molar-refractivity contribution in [3.63, 3.8) is 0 Å². The molecule has 5 nitrogen and oxygen atoms in total. The maximum absolute atomic E-state index is 11.5. The van der Waals surface area contributed by atoms with Crippen LogP contribution in [0, 0.1) is 0 Å². The monoisotopic (exact) mass is 245 g/mol. The van der Waals surface area contributed by atoms with E-state index in [1.54, 1.807) is 7.11 Å². The molecule has 1 amide bonds. The normalized spacial score (nSPS) is 11.9. The molecule has 0 aliphatic carbocycles. The van der Waals surface area contributed by atoms with E-state index in [9.17, 15) is 4.79 Å². The summed E-state index contributed by atoms with van der Waals surface area (Å²) in [5.74, 6) is 0.0728. The van der Waals surface area contributed by atoms with Crippen molar-refractivity contribution in [2.24, 2.45) is 5.73 Å². The molecule has 0 aromatic heterocycles. The van der Waals surface area contributed by atoms with Gasteiger partial charge in [0.05, 0.1) is 6.61 Å². The van der Waals surface area contributed by atoms with Crippen molar-refractivity contribution >= 4 is 5.91 Å². The van der Waals surface area contributed by atoms with E-state index >= 15 is 0 Å². The molecule has 0 aromatic carbocycles. The number of amides is 1. The van der Waals surface area contributed by atoms with Gasteiger partial charge in [0.2, 0.25) is 5.91 Å². The molecule has 0 heterocycles. The molecule has 17 heavy (non-hydrogen) atoms. The molecule has 5 heteroatoms. The molecule has 0 bridgehead atoms. The van der Waals surface area contributed by atoms with Crippen molar-refractivity contribution in [1.29, 1.82) is 0 Å². The molecule has 102 valence electrons. The van der Waals surface area contributed by atoms with E-state index in [-0.39, 0.29) is 11.4 Å². The number of ether oxygens (including phenoxy) is 1. The van der Waals surface area contributed by atoms with E-state index in [0.29, 0.717) is 26.0 Å². The summed E-state index contributed by atoms with van der Waals surface area (Å²) in [6.07, 6.45) is 1.20. The number of nitrogens with zero attached hydrogens (tertiary/aromatic N) is 1. The zero-order chi connectivity index (χ0) is 13.3. The van der Waals surface area contributed by atoms with Crippen molar-refractivity contribution in [2.75, 3.05) is 40.4 Å². The number of hydrogen-bond acceptors (Lipinski definition) is 4. The summed E-state index contributed by atoms with van der Waals surface area (Å²) < 4.78 is 4.97. The minimum absolute atomic E-state index is 0.0728. The van der Waals surface area contributed by atoms with E-state index in [0.717, 1.165) is 13.1 Å². The highest BCUT2D eigenvalue weighted by Crippen LogP contribution is 2.06. The Bertz CT molecular complexity index is 214. The molecule has 0 fully saturated rings. The Morgan fingerprint density at radius 3 is 2.59 bits per heavy atom. The molecule has 0 saturated heterocycles. The van der Waals surface area contributed by atoms with Gasteiger partial charge in [-0.15, -0.1) is 0 Å². The van der Waals surface area contributed by atoms with Crippen molar-refractivity contribution in [3.05, 3.63) is 0 Å². The first-order valence-electron chi connectivity index (χ1n) is 6.08. The molecular formula is C12H27N3O2. The summed E-state index contributed by atoms with van der Waals surface area (Å²) in [5.41, 5.74) is 5.54. The average molecular weight is 245 g/mol. The summed E-state index contributed by atoms with van der Waals surface area (Å²) in [6.45, 7) is 6.96. The Labute approximate surface area is 105 Å². The fourth-order valence-corrected chi connectivity index (χ4v) is 1.27. The minimum atomic E-state index is -0.271. The van der Waals surface area contributed by atoms with Crippen LogP contribution in [0.4, 0.5) is 0 Å². The number of nitrogens with one attached hydrogen (secondary N) is 1. The third-order valence-corrected chi connectivity index (χ3v) is 2.49. The number of nitrogens with two attached hydrogens (primary N) is 1. The zero-order valence-corrected chi connectivity index (χ0v) is 11.6. The lowest BCUT2D eigenvalue weighted by Crippen LogP contribution is -2.37. The summed E-state index contributed by atoms with van der Waals surface area (Å²) in [6, 6.07) is 0. The second kappa shape index (κ2) is 8.44. The quantitative estimate of drug-likeness (QED) is 0.609. The van der Waals surface area contributed by atoms with Crippen molar-refractivity contribution in [3.8, 4) is 0 Å². The molecule has 3 N–H and O–H groups in total. The van der Waals surface area contributed by atoms with Crippen molar-refractivity contribution in [2.45, 2.75) is 32.2 Å². The summed E-state index contributed by atoms with van der Waals surface area (Å²) in [4.78, 5) is 13.6. The van der Waals surface area contributed by atoms with Crippen LogP contribution in [0.1, 0.15) is 26.7 Å². The largest absolute Gasteiger partial charge is 0.383 e. The molecule has 0 aliphatic heterocycles. The van der Waals surface area contributed by atoms with Crippen LogP contribution in [0.15, 0.2) is 0 Å². The van der Waals surface area contributed by atoms with Gasteiger partial charge in [-0.2, -0.15) is 0 Å². The van der Waals surface area contributed by atoms with E-state index in [4.69, 9.17) is 10.5 Å². The van der Waals surface area contributed by atoms with Crippen molar-refractivity contribution in [1.82, 2.24) is 10.2 Å². The Hall–Kier alpha value is -0.650. The Morgan fingerprint density at radius 1 is 1.41 bits per heavy atom. The Kier molecular flexibility index (Phi) is 8.12. The van der Waals surface area contributed by atoms with Gasteiger partial charge in [0.25, 0.3) is 0 Å². The highest BCUT2D eigenvalue weighted by molar-refractivity contribution is 5.75. The van der Waals surface area contributed by atoms with E-state index in [1.165, 1.54) is 0 Å². The van der Waals surface area contributed by atoms with Crippen LogP contribution in [0.3, 0.4) is 0 Å². The number of likely N-dealkylation sites (N-methyl/N-ethyl adjacent to an activating group) is 1. The fourth-order valence-electron chi connectivity index (χ4n) is 1.27. The number of rotatable bonds is 9. The summed E-state index contributed by atoms with van der Waals surface area (Å²) in [7, 11) is 3.69. The predicted octanol–water partition coefficient (Wildman–Crippen LogP) is 0.198. The standard InChI is InChI=1S/C12H27N3O2/c1-12(2,13)6-5-11(16)14-7-8-15(3)9-10-17-4/h5-10,13H2,1-4H3,(H,14,16). The van der Waals surface area contributed by atoms with Crippen LogP contribution < -0.4 is 11.1 Å². The molecule has 0 aromatic rings. The molecule has 0 aliphatic rings. The molecule has 0 spiro atoms. The molecule has 0 rings (SSSR count). The topological polar surface area (TPSA) is 67.6 Å². The highest BCUT2D eigenvalue weighted by Gasteiger charge is 2.12.